The average Bonchev–Trinajstić information content (AvgIpc) is 2.41. The Hall–Kier alpha value is -1.26. The summed E-state index contributed by atoms with van der Waals surface area (Å²) >= 11 is 5.95. The van der Waals surface area contributed by atoms with Crippen LogP contribution >= 0.6 is 11.6 Å². The van der Waals surface area contributed by atoms with E-state index in [-0.39, 0.29) is 18.4 Å². The van der Waals surface area contributed by atoms with E-state index in [1.54, 1.807) is 25.3 Å². The summed E-state index contributed by atoms with van der Waals surface area (Å²) in [6, 6.07) is 5.08. The van der Waals surface area contributed by atoms with Gasteiger partial charge in [0.05, 0.1) is 25.7 Å². The van der Waals surface area contributed by atoms with Crippen LogP contribution in [0.3, 0.4) is 0 Å². The Morgan fingerprint density at radius 1 is 1.45 bits per heavy atom. The number of hydrogen-bond acceptors (Lipinski definition) is 3. The maximum atomic E-state index is 12.1. The van der Waals surface area contributed by atoms with Gasteiger partial charge in [0.1, 0.15) is 5.75 Å². The second-order valence-electron chi connectivity index (χ2n) is 5.16. The Labute approximate surface area is 124 Å². The number of aliphatic hydroxyl groups excluding tert-OH is 1. The first-order valence-corrected chi connectivity index (χ1v) is 7.28. The molecule has 1 aromatic carbocycles. The highest BCUT2D eigenvalue weighted by atomic mass is 35.5. The van der Waals surface area contributed by atoms with Gasteiger partial charge in [-0.2, -0.15) is 0 Å². The fourth-order valence-corrected chi connectivity index (χ4v) is 2.79. The maximum absolute atomic E-state index is 12.1. The number of carbonyl (C=O) groups excluding carboxylic acids is 1. The topological polar surface area (TPSA) is 58.6 Å². The van der Waals surface area contributed by atoms with Gasteiger partial charge >= 0.3 is 0 Å². The van der Waals surface area contributed by atoms with Crippen molar-refractivity contribution in [2.24, 2.45) is 0 Å². The summed E-state index contributed by atoms with van der Waals surface area (Å²) in [6.07, 6.45) is 3.42. The number of methoxy groups -OCH3 is 1. The number of hydrogen-bond donors (Lipinski definition) is 2. The molecule has 0 aliphatic heterocycles. The van der Waals surface area contributed by atoms with E-state index < -0.39 is 6.10 Å². The third-order valence-corrected chi connectivity index (χ3v) is 3.90. The van der Waals surface area contributed by atoms with Crippen LogP contribution < -0.4 is 10.1 Å². The molecular weight excluding hydrogens is 278 g/mol. The minimum Gasteiger partial charge on any atom is -0.496 e. The zero-order valence-corrected chi connectivity index (χ0v) is 12.3. The molecule has 1 amide bonds. The van der Waals surface area contributed by atoms with Crippen molar-refractivity contribution < 1.29 is 14.6 Å². The molecule has 4 nitrogen and oxygen atoms in total. The van der Waals surface area contributed by atoms with Crippen molar-refractivity contribution in [3.63, 3.8) is 0 Å². The molecule has 1 aliphatic carbocycles. The molecular formula is C15H20ClNO3. The lowest BCUT2D eigenvalue weighted by molar-refractivity contribution is -0.122. The van der Waals surface area contributed by atoms with E-state index in [2.05, 4.69) is 5.32 Å². The predicted molar refractivity (Wildman–Crippen MR) is 78.1 cm³/mol. The first-order chi connectivity index (χ1) is 9.60. The molecule has 20 heavy (non-hydrogen) atoms. The standard InChI is InChI=1S/C15H20ClNO3/c1-20-14-7-6-11(16)8-10(14)9-15(19)17-12-4-2-3-5-13(12)18/h6-8,12-13,18H,2-5,9H2,1H3,(H,17,19). The molecule has 0 saturated heterocycles. The molecule has 110 valence electrons. The van der Waals surface area contributed by atoms with Gasteiger partial charge in [0.2, 0.25) is 5.91 Å². The number of benzene rings is 1. The predicted octanol–water partition coefficient (Wildman–Crippen LogP) is 2.31. The summed E-state index contributed by atoms with van der Waals surface area (Å²) in [5.41, 5.74) is 0.753. The molecule has 1 fully saturated rings. The van der Waals surface area contributed by atoms with E-state index in [0.29, 0.717) is 10.8 Å². The van der Waals surface area contributed by atoms with E-state index in [4.69, 9.17) is 16.3 Å². The lowest BCUT2D eigenvalue weighted by Crippen LogP contribution is -2.45. The largest absolute Gasteiger partial charge is 0.496 e. The van der Waals surface area contributed by atoms with Gasteiger partial charge in [0, 0.05) is 10.6 Å². The van der Waals surface area contributed by atoms with E-state index in [1.807, 2.05) is 0 Å². The second kappa shape index (κ2) is 6.95. The monoisotopic (exact) mass is 297 g/mol. The Bertz CT molecular complexity index is 478. The summed E-state index contributed by atoms with van der Waals surface area (Å²) < 4.78 is 5.22. The van der Waals surface area contributed by atoms with Crippen LogP contribution in [0, 0.1) is 0 Å². The second-order valence-corrected chi connectivity index (χ2v) is 5.60. The van der Waals surface area contributed by atoms with E-state index in [0.717, 1.165) is 31.2 Å². The Kier molecular flexibility index (Phi) is 5.26. The Morgan fingerprint density at radius 3 is 2.90 bits per heavy atom. The third-order valence-electron chi connectivity index (χ3n) is 3.67. The molecule has 0 bridgehead atoms. The number of halogens is 1. The lowest BCUT2D eigenvalue weighted by atomic mass is 9.92. The van der Waals surface area contributed by atoms with Crippen LogP contribution in [0.2, 0.25) is 5.02 Å². The summed E-state index contributed by atoms with van der Waals surface area (Å²) in [7, 11) is 1.57. The van der Waals surface area contributed by atoms with Crippen molar-refractivity contribution in [1.29, 1.82) is 0 Å². The quantitative estimate of drug-likeness (QED) is 0.896. The van der Waals surface area contributed by atoms with Crippen LogP contribution in [-0.2, 0) is 11.2 Å². The fraction of sp³-hybridized carbons (Fsp3) is 0.533. The van der Waals surface area contributed by atoms with Crippen molar-refractivity contribution >= 4 is 17.5 Å². The first kappa shape index (κ1) is 15.1. The highest BCUT2D eigenvalue weighted by molar-refractivity contribution is 6.30. The van der Waals surface area contributed by atoms with Crippen LogP contribution in [0.25, 0.3) is 0 Å². The van der Waals surface area contributed by atoms with Gasteiger partial charge in [0.25, 0.3) is 0 Å². The summed E-state index contributed by atoms with van der Waals surface area (Å²) in [5, 5.41) is 13.3. The van der Waals surface area contributed by atoms with Gasteiger partial charge in [-0.15, -0.1) is 0 Å². The lowest BCUT2D eigenvalue weighted by Gasteiger charge is -2.28. The molecule has 1 aromatic rings. The van der Waals surface area contributed by atoms with Crippen molar-refractivity contribution in [2.45, 2.75) is 44.2 Å². The van der Waals surface area contributed by atoms with Gasteiger partial charge in [-0.05, 0) is 31.0 Å². The van der Waals surface area contributed by atoms with Crippen molar-refractivity contribution in [1.82, 2.24) is 5.32 Å². The van der Waals surface area contributed by atoms with Crippen molar-refractivity contribution in [3.8, 4) is 5.75 Å². The Balaban J connectivity index is 1.99. The SMILES string of the molecule is COc1ccc(Cl)cc1CC(=O)NC1CCCCC1O. The molecule has 5 heteroatoms. The smallest absolute Gasteiger partial charge is 0.224 e. The van der Waals surface area contributed by atoms with Gasteiger partial charge in [-0.3, -0.25) is 4.79 Å². The van der Waals surface area contributed by atoms with E-state index in [9.17, 15) is 9.90 Å². The molecule has 0 radical (unpaired) electrons. The van der Waals surface area contributed by atoms with Crippen molar-refractivity contribution in [2.75, 3.05) is 7.11 Å². The van der Waals surface area contributed by atoms with E-state index >= 15 is 0 Å². The van der Waals surface area contributed by atoms with Crippen molar-refractivity contribution in [3.05, 3.63) is 28.8 Å². The van der Waals surface area contributed by atoms with Gasteiger partial charge in [-0.25, -0.2) is 0 Å². The normalized spacial score (nSPS) is 22.4. The van der Waals surface area contributed by atoms with Crippen LogP contribution in [-0.4, -0.2) is 30.3 Å². The summed E-state index contributed by atoms with van der Waals surface area (Å²) in [4.78, 5) is 12.1. The average molecular weight is 298 g/mol. The molecule has 1 saturated carbocycles. The zero-order chi connectivity index (χ0) is 14.5. The van der Waals surface area contributed by atoms with E-state index in [1.165, 1.54) is 0 Å². The van der Waals surface area contributed by atoms with Crippen LogP contribution in [0.15, 0.2) is 18.2 Å². The highest BCUT2D eigenvalue weighted by Gasteiger charge is 2.24. The zero-order valence-electron chi connectivity index (χ0n) is 11.6. The fourth-order valence-electron chi connectivity index (χ4n) is 2.60. The molecule has 2 unspecified atom stereocenters. The molecule has 0 aromatic heterocycles. The number of nitrogens with one attached hydrogen (secondary N) is 1. The number of ether oxygens (including phenoxy) is 1. The summed E-state index contributed by atoms with van der Waals surface area (Å²) in [5.74, 6) is 0.533. The van der Waals surface area contributed by atoms with Gasteiger partial charge < -0.3 is 15.2 Å². The molecule has 0 heterocycles. The van der Waals surface area contributed by atoms with Crippen LogP contribution in [0.1, 0.15) is 31.2 Å². The number of carbonyl (C=O) groups is 1. The molecule has 0 spiro atoms. The number of amides is 1. The minimum absolute atomic E-state index is 0.114. The molecule has 2 atom stereocenters. The molecule has 2 rings (SSSR count). The number of aliphatic hydroxyl groups is 1. The van der Waals surface area contributed by atoms with Gasteiger partial charge in [-0.1, -0.05) is 24.4 Å². The number of rotatable bonds is 4. The third kappa shape index (κ3) is 3.87. The maximum Gasteiger partial charge on any atom is 0.224 e. The Morgan fingerprint density at radius 2 is 2.20 bits per heavy atom. The van der Waals surface area contributed by atoms with Gasteiger partial charge in [0.15, 0.2) is 0 Å². The van der Waals surface area contributed by atoms with Crippen LogP contribution in [0.5, 0.6) is 5.75 Å². The highest BCUT2D eigenvalue weighted by Crippen LogP contribution is 2.23. The summed E-state index contributed by atoms with van der Waals surface area (Å²) in [6.45, 7) is 0. The first-order valence-electron chi connectivity index (χ1n) is 6.90. The molecule has 1 aliphatic rings. The molecule has 2 N–H and O–H groups in total. The van der Waals surface area contributed by atoms with Crippen LogP contribution in [0.4, 0.5) is 0 Å². The minimum atomic E-state index is -0.436.